The molecule has 21 heavy (non-hydrogen) atoms. The average molecular weight is 299 g/mol. The fourth-order valence-electron chi connectivity index (χ4n) is 1.86. The maximum absolute atomic E-state index is 13.9. The number of benzene rings is 2. The lowest BCUT2D eigenvalue weighted by molar-refractivity contribution is 0.401. The van der Waals surface area contributed by atoms with Crippen LogP contribution in [0, 0.1) is 23.3 Å². The van der Waals surface area contributed by atoms with Crippen molar-refractivity contribution in [3.05, 3.63) is 59.2 Å². The van der Waals surface area contributed by atoms with Crippen molar-refractivity contribution < 1.29 is 22.3 Å². The Morgan fingerprint density at radius 1 is 0.952 bits per heavy atom. The van der Waals surface area contributed by atoms with Gasteiger partial charge in [0.25, 0.3) is 0 Å². The van der Waals surface area contributed by atoms with Gasteiger partial charge in [-0.15, -0.1) is 0 Å². The molecule has 0 spiro atoms. The second kappa shape index (κ2) is 6.13. The standard InChI is InChI=1S/C15H13F4NO/c1-8(20)4-9-5-13(18)15(14(19)6-9)21-10-2-3-11(16)12(17)7-10/h2-3,5-8H,4,20H2,1H3. The van der Waals surface area contributed by atoms with Crippen molar-refractivity contribution in [2.75, 3.05) is 0 Å². The molecule has 0 aromatic heterocycles. The van der Waals surface area contributed by atoms with Crippen molar-refractivity contribution in [2.45, 2.75) is 19.4 Å². The monoisotopic (exact) mass is 299 g/mol. The summed E-state index contributed by atoms with van der Waals surface area (Å²) in [6.45, 7) is 1.71. The van der Waals surface area contributed by atoms with Crippen LogP contribution in [-0.2, 0) is 6.42 Å². The molecular formula is C15H13F4NO. The lowest BCUT2D eigenvalue weighted by Gasteiger charge is -2.11. The van der Waals surface area contributed by atoms with Crippen LogP contribution in [0.2, 0.25) is 0 Å². The van der Waals surface area contributed by atoms with Crippen molar-refractivity contribution in [2.24, 2.45) is 5.73 Å². The number of hydrogen-bond donors (Lipinski definition) is 1. The van der Waals surface area contributed by atoms with Gasteiger partial charge >= 0.3 is 0 Å². The van der Waals surface area contributed by atoms with Crippen molar-refractivity contribution in [3.63, 3.8) is 0 Å². The SMILES string of the molecule is CC(N)Cc1cc(F)c(Oc2ccc(F)c(F)c2)c(F)c1. The van der Waals surface area contributed by atoms with E-state index in [9.17, 15) is 17.6 Å². The minimum atomic E-state index is -1.16. The van der Waals surface area contributed by atoms with Gasteiger partial charge < -0.3 is 10.5 Å². The molecule has 0 radical (unpaired) electrons. The third-order valence-corrected chi connectivity index (χ3v) is 2.73. The molecule has 2 aromatic carbocycles. The Balaban J connectivity index is 2.29. The predicted octanol–water partition coefficient (Wildman–Crippen LogP) is 3.93. The molecule has 0 bridgehead atoms. The van der Waals surface area contributed by atoms with Gasteiger partial charge in [0.15, 0.2) is 29.0 Å². The molecule has 6 heteroatoms. The maximum Gasteiger partial charge on any atom is 0.198 e. The van der Waals surface area contributed by atoms with E-state index in [1.54, 1.807) is 6.92 Å². The first-order chi connectivity index (χ1) is 9.86. The van der Waals surface area contributed by atoms with Gasteiger partial charge in [0.1, 0.15) is 5.75 Å². The average Bonchev–Trinajstić information content (AvgIpc) is 2.37. The fraction of sp³-hybridized carbons (Fsp3) is 0.200. The van der Waals surface area contributed by atoms with Gasteiger partial charge in [-0.3, -0.25) is 0 Å². The van der Waals surface area contributed by atoms with Crippen LogP contribution in [0.4, 0.5) is 17.6 Å². The molecule has 0 amide bonds. The first-order valence-electron chi connectivity index (χ1n) is 6.23. The summed E-state index contributed by atoms with van der Waals surface area (Å²) in [6.07, 6.45) is 0.305. The minimum Gasteiger partial charge on any atom is -0.451 e. The molecule has 2 aromatic rings. The van der Waals surface area contributed by atoms with Crippen LogP contribution in [0.25, 0.3) is 0 Å². The quantitative estimate of drug-likeness (QED) is 0.868. The first kappa shape index (κ1) is 15.3. The number of hydrogen-bond acceptors (Lipinski definition) is 2. The Morgan fingerprint density at radius 3 is 2.10 bits per heavy atom. The van der Waals surface area contributed by atoms with Crippen LogP contribution < -0.4 is 10.5 Å². The van der Waals surface area contributed by atoms with E-state index in [1.807, 2.05) is 0 Å². The lowest BCUT2D eigenvalue weighted by atomic mass is 10.1. The highest BCUT2D eigenvalue weighted by Crippen LogP contribution is 2.29. The number of ether oxygens (including phenoxy) is 1. The van der Waals surface area contributed by atoms with E-state index in [0.29, 0.717) is 18.1 Å². The first-order valence-corrected chi connectivity index (χ1v) is 6.23. The molecule has 0 saturated carbocycles. The number of rotatable bonds is 4. The summed E-state index contributed by atoms with van der Waals surface area (Å²) in [4.78, 5) is 0. The molecule has 2 rings (SSSR count). The lowest BCUT2D eigenvalue weighted by Crippen LogP contribution is -2.18. The highest BCUT2D eigenvalue weighted by Gasteiger charge is 2.15. The van der Waals surface area contributed by atoms with Crippen LogP contribution in [0.1, 0.15) is 12.5 Å². The topological polar surface area (TPSA) is 35.2 Å². The molecule has 0 aliphatic heterocycles. The third kappa shape index (κ3) is 3.72. The Labute approximate surface area is 119 Å². The highest BCUT2D eigenvalue weighted by atomic mass is 19.2. The minimum absolute atomic E-state index is 0.202. The smallest absolute Gasteiger partial charge is 0.198 e. The zero-order chi connectivity index (χ0) is 15.6. The molecule has 1 unspecified atom stereocenters. The van der Waals surface area contributed by atoms with Crippen molar-refractivity contribution in [3.8, 4) is 11.5 Å². The zero-order valence-electron chi connectivity index (χ0n) is 11.2. The van der Waals surface area contributed by atoms with Gasteiger partial charge in [-0.25, -0.2) is 17.6 Å². The largest absolute Gasteiger partial charge is 0.451 e. The second-order valence-corrected chi connectivity index (χ2v) is 4.75. The van der Waals surface area contributed by atoms with E-state index in [2.05, 4.69) is 0 Å². The van der Waals surface area contributed by atoms with Gasteiger partial charge in [-0.2, -0.15) is 0 Å². The summed E-state index contributed by atoms with van der Waals surface area (Å²) in [5, 5.41) is 0. The van der Waals surface area contributed by atoms with Crippen LogP contribution in [0.3, 0.4) is 0 Å². The van der Waals surface area contributed by atoms with E-state index in [-0.39, 0.29) is 11.8 Å². The van der Waals surface area contributed by atoms with E-state index < -0.39 is 29.0 Å². The molecule has 112 valence electrons. The molecule has 0 aliphatic rings. The Morgan fingerprint density at radius 2 is 1.57 bits per heavy atom. The van der Waals surface area contributed by atoms with E-state index in [0.717, 1.165) is 24.3 Å². The van der Waals surface area contributed by atoms with Gasteiger partial charge in [-0.05, 0) is 43.2 Å². The summed E-state index contributed by atoms with van der Waals surface area (Å²) >= 11 is 0. The predicted molar refractivity (Wildman–Crippen MR) is 70.1 cm³/mol. The van der Waals surface area contributed by atoms with Gasteiger partial charge in [-0.1, -0.05) is 0 Å². The van der Waals surface area contributed by atoms with Gasteiger partial charge in [0.05, 0.1) is 0 Å². The summed E-state index contributed by atoms with van der Waals surface area (Å²) < 4.78 is 58.5. The zero-order valence-corrected chi connectivity index (χ0v) is 11.2. The molecule has 0 aliphatic carbocycles. The molecule has 0 saturated heterocycles. The second-order valence-electron chi connectivity index (χ2n) is 4.75. The Bertz CT molecular complexity index is 635. The van der Waals surface area contributed by atoms with Crippen LogP contribution in [0.15, 0.2) is 30.3 Å². The maximum atomic E-state index is 13.9. The van der Waals surface area contributed by atoms with Crippen LogP contribution in [-0.4, -0.2) is 6.04 Å². The molecule has 0 heterocycles. The third-order valence-electron chi connectivity index (χ3n) is 2.73. The molecule has 0 fully saturated rings. The summed E-state index contributed by atoms with van der Waals surface area (Å²) in [5.41, 5.74) is 5.95. The van der Waals surface area contributed by atoms with Crippen molar-refractivity contribution >= 4 is 0 Å². The Hall–Kier alpha value is -2.08. The number of nitrogens with two attached hydrogens (primary N) is 1. The fourth-order valence-corrected chi connectivity index (χ4v) is 1.86. The van der Waals surface area contributed by atoms with Crippen molar-refractivity contribution in [1.82, 2.24) is 0 Å². The molecular weight excluding hydrogens is 286 g/mol. The molecule has 2 N–H and O–H groups in total. The normalized spacial score (nSPS) is 12.3. The Kier molecular flexibility index (Phi) is 4.47. The molecule has 1 atom stereocenters. The summed E-state index contributed by atoms with van der Waals surface area (Å²) in [7, 11) is 0. The van der Waals surface area contributed by atoms with Crippen molar-refractivity contribution in [1.29, 1.82) is 0 Å². The summed E-state index contributed by atoms with van der Waals surface area (Å²) in [6, 6.07) is 4.55. The van der Waals surface area contributed by atoms with Crippen LogP contribution >= 0.6 is 0 Å². The van der Waals surface area contributed by atoms with Gasteiger partial charge in [0.2, 0.25) is 0 Å². The van der Waals surface area contributed by atoms with Crippen LogP contribution in [0.5, 0.6) is 11.5 Å². The molecule has 2 nitrogen and oxygen atoms in total. The van der Waals surface area contributed by atoms with E-state index in [1.165, 1.54) is 0 Å². The van der Waals surface area contributed by atoms with E-state index >= 15 is 0 Å². The highest BCUT2D eigenvalue weighted by molar-refractivity contribution is 5.36. The van der Waals surface area contributed by atoms with Gasteiger partial charge in [0, 0.05) is 12.1 Å². The summed E-state index contributed by atoms with van der Waals surface area (Å²) in [5.74, 6) is -4.98. The number of halogens is 4. The van der Waals surface area contributed by atoms with E-state index in [4.69, 9.17) is 10.5 Å².